The van der Waals surface area contributed by atoms with Crippen molar-refractivity contribution < 1.29 is 9.59 Å². The van der Waals surface area contributed by atoms with Crippen LogP contribution in [0.25, 0.3) is 0 Å². The maximum absolute atomic E-state index is 11.2. The second kappa shape index (κ2) is 5.14. The van der Waals surface area contributed by atoms with E-state index in [0.717, 1.165) is 0 Å². The first-order chi connectivity index (χ1) is 6.99. The average Bonchev–Trinajstić information content (AvgIpc) is 2.10. The van der Waals surface area contributed by atoms with Crippen LogP contribution >= 0.6 is 23.2 Å². The first-order valence-electron chi connectivity index (χ1n) is 4.23. The highest BCUT2D eigenvalue weighted by Gasteiger charge is 2.06. The van der Waals surface area contributed by atoms with Gasteiger partial charge in [0.15, 0.2) is 0 Å². The molecule has 1 rings (SSSR count). The molecule has 3 nitrogen and oxygen atoms in total. The maximum atomic E-state index is 11.2. The number of benzene rings is 1. The molecule has 0 fully saturated rings. The van der Waals surface area contributed by atoms with Crippen LogP contribution in [0.5, 0.6) is 0 Å². The summed E-state index contributed by atoms with van der Waals surface area (Å²) in [5, 5.41) is 3.00. The van der Waals surface area contributed by atoms with Gasteiger partial charge < -0.3 is 0 Å². The molecule has 0 saturated heterocycles. The number of halogens is 2. The number of hydrogen-bond acceptors (Lipinski definition) is 2. The summed E-state index contributed by atoms with van der Waals surface area (Å²) < 4.78 is 0. The summed E-state index contributed by atoms with van der Waals surface area (Å²) in [5.74, 6) is -0.735. The van der Waals surface area contributed by atoms with E-state index in [-0.39, 0.29) is 18.2 Å². The number of carbonyl (C=O) groups excluding carboxylic acids is 2. The first kappa shape index (κ1) is 12.0. The molecule has 1 aromatic rings. The van der Waals surface area contributed by atoms with Crippen LogP contribution in [0.1, 0.15) is 12.5 Å². The number of imide groups is 1. The Balaban J connectivity index is 2.69. The molecule has 0 radical (unpaired) electrons. The lowest BCUT2D eigenvalue weighted by Gasteiger charge is -2.02. The molecule has 0 aliphatic carbocycles. The zero-order chi connectivity index (χ0) is 11.4. The Kier molecular flexibility index (Phi) is 4.12. The summed E-state index contributed by atoms with van der Waals surface area (Å²) >= 11 is 11.5. The van der Waals surface area contributed by atoms with Crippen molar-refractivity contribution >= 4 is 35.0 Å². The van der Waals surface area contributed by atoms with Crippen molar-refractivity contribution in [2.75, 3.05) is 0 Å². The Morgan fingerprint density at radius 3 is 2.47 bits per heavy atom. The van der Waals surface area contributed by atoms with Gasteiger partial charge in [-0.05, 0) is 17.7 Å². The molecule has 0 aliphatic rings. The molecular weight excluding hydrogens is 237 g/mol. The van der Waals surface area contributed by atoms with Gasteiger partial charge in [0.1, 0.15) is 0 Å². The van der Waals surface area contributed by atoms with E-state index in [9.17, 15) is 9.59 Å². The van der Waals surface area contributed by atoms with E-state index in [1.54, 1.807) is 18.2 Å². The fourth-order valence-electron chi connectivity index (χ4n) is 1.08. The van der Waals surface area contributed by atoms with Crippen LogP contribution < -0.4 is 5.32 Å². The highest BCUT2D eigenvalue weighted by Crippen LogP contribution is 2.22. The molecule has 1 aromatic carbocycles. The molecule has 80 valence electrons. The molecule has 0 saturated carbocycles. The largest absolute Gasteiger partial charge is 0.296 e. The van der Waals surface area contributed by atoms with Crippen LogP contribution in [0.4, 0.5) is 0 Å². The van der Waals surface area contributed by atoms with E-state index in [2.05, 4.69) is 5.32 Å². The molecule has 1 N–H and O–H groups in total. The van der Waals surface area contributed by atoms with Crippen LogP contribution in [0.3, 0.4) is 0 Å². The molecule has 2 amide bonds. The normalized spacial score (nSPS) is 9.80. The number of rotatable bonds is 2. The highest BCUT2D eigenvalue weighted by molar-refractivity contribution is 6.42. The summed E-state index contributed by atoms with van der Waals surface area (Å²) in [4.78, 5) is 21.8. The van der Waals surface area contributed by atoms with Gasteiger partial charge >= 0.3 is 0 Å². The van der Waals surface area contributed by atoms with Crippen molar-refractivity contribution in [3.63, 3.8) is 0 Å². The van der Waals surface area contributed by atoms with E-state index in [0.29, 0.717) is 15.6 Å². The molecule has 0 aromatic heterocycles. The van der Waals surface area contributed by atoms with Crippen LogP contribution in [-0.4, -0.2) is 11.8 Å². The Hall–Kier alpha value is -1.06. The fraction of sp³-hybridized carbons (Fsp3) is 0.200. The lowest BCUT2D eigenvalue weighted by molar-refractivity contribution is -0.128. The summed E-state index contributed by atoms with van der Waals surface area (Å²) in [6.07, 6.45) is 0.108. The Morgan fingerprint density at radius 1 is 1.27 bits per heavy atom. The Labute approximate surface area is 97.4 Å². The molecule has 0 heterocycles. The minimum atomic E-state index is -0.375. The minimum absolute atomic E-state index is 0.108. The standard InChI is InChI=1S/C10H9Cl2NO2/c1-6(14)13-10(15)5-7-2-3-8(11)9(12)4-7/h2-4H,5H2,1H3,(H,13,14,15). The van der Waals surface area contributed by atoms with E-state index >= 15 is 0 Å². The van der Waals surface area contributed by atoms with E-state index in [1.165, 1.54) is 6.92 Å². The van der Waals surface area contributed by atoms with E-state index in [1.807, 2.05) is 0 Å². The fourth-order valence-corrected chi connectivity index (χ4v) is 1.40. The van der Waals surface area contributed by atoms with Crippen molar-refractivity contribution in [2.24, 2.45) is 0 Å². The number of hydrogen-bond donors (Lipinski definition) is 1. The molecule has 0 bridgehead atoms. The molecule has 0 unspecified atom stereocenters. The molecule has 0 atom stereocenters. The lowest BCUT2D eigenvalue weighted by atomic mass is 10.1. The summed E-state index contributed by atoms with van der Waals surface area (Å²) in [6.45, 7) is 1.28. The third-order valence-corrected chi connectivity index (χ3v) is 2.40. The topological polar surface area (TPSA) is 46.2 Å². The van der Waals surface area contributed by atoms with Gasteiger partial charge in [0.05, 0.1) is 16.5 Å². The zero-order valence-electron chi connectivity index (χ0n) is 8.01. The molecule has 15 heavy (non-hydrogen) atoms. The Morgan fingerprint density at radius 2 is 1.93 bits per heavy atom. The SMILES string of the molecule is CC(=O)NC(=O)Cc1ccc(Cl)c(Cl)c1. The van der Waals surface area contributed by atoms with Gasteiger partial charge in [-0.15, -0.1) is 0 Å². The third kappa shape index (κ3) is 3.90. The van der Waals surface area contributed by atoms with Crippen LogP contribution in [0, 0.1) is 0 Å². The highest BCUT2D eigenvalue weighted by atomic mass is 35.5. The van der Waals surface area contributed by atoms with Crippen molar-refractivity contribution in [1.82, 2.24) is 5.32 Å². The van der Waals surface area contributed by atoms with Gasteiger partial charge in [-0.3, -0.25) is 14.9 Å². The van der Waals surface area contributed by atoms with Gasteiger partial charge in [-0.1, -0.05) is 29.3 Å². The van der Waals surface area contributed by atoms with Crippen molar-refractivity contribution in [3.8, 4) is 0 Å². The van der Waals surface area contributed by atoms with Crippen molar-refractivity contribution in [3.05, 3.63) is 33.8 Å². The third-order valence-electron chi connectivity index (χ3n) is 1.66. The summed E-state index contributed by atoms with van der Waals surface area (Å²) in [5.41, 5.74) is 0.711. The van der Waals surface area contributed by atoms with Gasteiger partial charge in [0.25, 0.3) is 0 Å². The number of amides is 2. The van der Waals surface area contributed by atoms with E-state index in [4.69, 9.17) is 23.2 Å². The average molecular weight is 246 g/mol. The lowest BCUT2D eigenvalue weighted by Crippen LogP contribution is -2.29. The van der Waals surface area contributed by atoms with Gasteiger partial charge in [0.2, 0.25) is 11.8 Å². The molecule has 0 spiro atoms. The second-order valence-electron chi connectivity index (χ2n) is 3.03. The number of nitrogens with one attached hydrogen (secondary N) is 1. The van der Waals surface area contributed by atoms with E-state index < -0.39 is 0 Å². The zero-order valence-corrected chi connectivity index (χ0v) is 9.52. The van der Waals surface area contributed by atoms with Crippen LogP contribution in [0.15, 0.2) is 18.2 Å². The van der Waals surface area contributed by atoms with Gasteiger partial charge in [0, 0.05) is 6.92 Å². The van der Waals surface area contributed by atoms with Crippen molar-refractivity contribution in [1.29, 1.82) is 0 Å². The maximum Gasteiger partial charge on any atom is 0.230 e. The van der Waals surface area contributed by atoms with Gasteiger partial charge in [-0.2, -0.15) is 0 Å². The Bertz CT molecular complexity index is 404. The van der Waals surface area contributed by atoms with Crippen LogP contribution in [0.2, 0.25) is 10.0 Å². The predicted molar refractivity (Wildman–Crippen MR) is 59.0 cm³/mol. The summed E-state index contributed by atoms with van der Waals surface area (Å²) in [6, 6.07) is 4.90. The summed E-state index contributed by atoms with van der Waals surface area (Å²) in [7, 11) is 0. The second-order valence-corrected chi connectivity index (χ2v) is 3.84. The quantitative estimate of drug-likeness (QED) is 0.869. The first-order valence-corrected chi connectivity index (χ1v) is 4.99. The molecular formula is C10H9Cl2NO2. The minimum Gasteiger partial charge on any atom is -0.296 e. The monoisotopic (exact) mass is 245 g/mol. The van der Waals surface area contributed by atoms with Crippen LogP contribution in [-0.2, 0) is 16.0 Å². The molecule has 0 aliphatic heterocycles. The predicted octanol–water partition coefficient (Wildman–Crippen LogP) is 2.20. The van der Waals surface area contributed by atoms with Gasteiger partial charge in [-0.25, -0.2) is 0 Å². The number of carbonyl (C=O) groups is 2. The molecule has 5 heteroatoms. The van der Waals surface area contributed by atoms with Crippen molar-refractivity contribution in [2.45, 2.75) is 13.3 Å². The smallest absolute Gasteiger partial charge is 0.230 e.